The third-order valence-corrected chi connectivity index (χ3v) is 10.2. The van der Waals surface area contributed by atoms with Crippen LogP contribution in [0.25, 0.3) is 0 Å². The monoisotopic (exact) mass is 865 g/mol. The van der Waals surface area contributed by atoms with Gasteiger partial charge in [0.25, 0.3) is 10.1 Å². The summed E-state index contributed by atoms with van der Waals surface area (Å²) in [5.41, 5.74) is 0. The predicted octanol–water partition coefficient (Wildman–Crippen LogP) is 8.89. The standard InChI is InChI=1S/C47H76O12S/c1-3-5-7-9-11-13-15-17-18-19-20-21-22-24-26-28-30-32-34-36-43(49)58-40(38-57-47-46(52)45(51)44(50)41(59-47)39-60(53,54)55)37-56-42(48)35-33-31-29-27-25-23-16-14-12-10-8-6-4-2/h5-8,11-14,17-18,20-21,23,25,40-41,44-47,50-52H,3-4,9-10,15-16,19,22,24,26-39H2,1-2H3,(H,53,54,55)/b7-5-,8-6-,13-11-,14-12-,18-17-,21-20-,25-23-. The first kappa shape index (κ1) is 54.8. The van der Waals surface area contributed by atoms with E-state index in [1.165, 1.54) is 0 Å². The quantitative estimate of drug-likeness (QED) is 0.0206. The molecular formula is C47H76O12S. The molecule has 1 saturated heterocycles. The number of aliphatic hydroxyl groups excluding tert-OH is 3. The molecule has 1 aliphatic heterocycles. The molecule has 13 heteroatoms. The van der Waals surface area contributed by atoms with Crippen molar-refractivity contribution in [2.75, 3.05) is 19.0 Å². The molecule has 0 bridgehead atoms. The lowest BCUT2D eigenvalue weighted by molar-refractivity contribution is -0.297. The van der Waals surface area contributed by atoms with Crippen molar-refractivity contribution in [1.29, 1.82) is 0 Å². The van der Waals surface area contributed by atoms with Gasteiger partial charge in [0.2, 0.25) is 0 Å². The molecule has 0 aromatic rings. The Hall–Kier alpha value is -3.17. The maximum atomic E-state index is 12.8. The lowest BCUT2D eigenvalue weighted by Gasteiger charge is -2.40. The van der Waals surface area contributed by atoms with E-state index in [-0.39, 0.29) is 19.4 Å². The Morgan fingerprint density at radius 3 is 1.50 bits per heavy atom. The van der Waals surface area contributed by atoms with Gasteiger partial charge in [0.1, 0.15) is 36.8 Å². The Balaban J connectivity index is 2.48. The smallest absolute Gasteiger partial charge is 0.306 e. The summed E-state index contributed by atoms with van der Waals surface area (Å²) >= 11 is 0. The molecule has 0 aliphatic carbocycles. The van der Waals surface area contributed by atoms with E-state index in [1.807, 2.05) is 0 Å². The van der Waals surface area contributed by atoms with E-state index in [0.29, 0.717) is 12.8 Å². The number of allylic oxidation sites excluding steroid dienone is 14. The van der Waals surface area contributed by atoms with E-state index in [2.05, 4.69) is 98.9 Å². The van der Waals surface area contributed by atoms with Crippen LogP contribution in [0.1, 0.15) is 142 Å². The lowest BCUT2D eigenvalue weighted by Crippen LogP contribution is -2.60. The van der Waals surface area contributed by atoms with Gasteiger partial charge >= 0.3 is 11.9 Å². The fourth-order valence-electron chi connectivity index (χ4n) is 6.09. The van der Waals surface area contributed by atoms with E-state index < -0.39 is 71.2 Å². The van der Waals surface area contributed by atoms with Crippen LogP contribution in [-0.2, 0) is 38.7 Å². The molecular weight excluding hydrogens is 789 g/mol. The van der Waals surface area contributed by atoms with Gasteiger partial charge in [-0.2, -0.15) is 8.42 Å². The van der Waals surface area contributed by atoms with Gasteiger partial charge in [0.15, 0.2) is 12.4 Å². The number of rotatable bonds is 35. The van der Waals surface area contributed by atoms with Crippen LogP contribution in [0.15, 0.2) is 85.1 Å². The first-order valence-corrected chi connectivity index (χ1v) is 23.8. The highest BCUT2D eigenvalue weighted by molar-refractivity contribution is 7.85. The van der Waals surface area contributed by atoms with Gasteiger partial charge in [-0.25, -0.2) is 0 Å². The van der Waals surface area contributed by atoms with Crippen LogP contribution in [-0.4, -0.2) is 96.0 Å². The molecule has 1 heterocycles. The van der Waals surface area contributed by atoms with Gasteiger partial charge in [0.05, 0.1) is 6.61 Å². The number of carbonyl (C=O) groups excluding carboxylic acids is 2. The predicted molar refractivity (Wildman–Crippen MR) is 238 cm³/mol. The minimum absolute atomic E-state index is 0.136. The summed E-state index contributed by atoms with van der Waals surface area (Å²) in [5, 5.41) is 30.9. The molecule has 6 unspecified atom stereocenters. The van der Waals surface area contributed by atoms with Crippen molar-refractivity contribution < 1.29 is 56.8 Å². The zero-order chi connectivity index (χ0) is 44.1. The second-order valence-electron chi connectivity index (χ2n) is 14.9. The van der Waals surface area contributed by atoms with Gasteiger partial charge in [-0.05, 0) is 83.5 Å². The van der Waals surface area contributed by atoms with Crippen LogP contribution in [0, 0.1) is 0 Å². The highest BCUT2D eigenvalue weighted by Gasteiger charge is 2.46. The minimum Gasteiger partial charge on any atom is -0.462 e. The Morgan fingerprint density at radius 2 is 1.00 bits per heavy atom. The summed E-state index contributed by atoms with van der Waals surface area (Å²) in [6, 6.07) is 0. The number of unbranched alkanes of at least 4 members (excludes halogenated alkanes) is 9. The third kappa shape index (κ3) is 30.8. The Bertz CT molecular complexity index is 1430. The van der Waals surface area contributed by atoms with Crippen LogP contribution in [0.4, 0.5) is 0 Å². The van der Waals surface area contributed by atoms with E-state index in [9.17, 15) is 37.9 Å². The number of hydrogen-bond donors (Lipinski definition) is 4. The molecule has 4 N–H and O–H groups in total. The molecule has 60 heavy (non-hydrogen) atoms. The zero-order valence-electron chi connectivity index (χ0n) is 36.3. The highest BCUT2D eigenvalue weighted by atomic mass is 32.2. The van der Waals surface area contributed by atoms with Crippen LogP contribution in [0.2, 0.25) is 0 Å². The second-order valence-corrected chi connectivity index (χ2v) is 16.4. The number of ether oxygens (including phenoxy) is 4. The first-order chi connectivity index (χ1) is 29.0. The fourth-order valence-corrected chi connectivity index (χ4v) is 6.78. The summed E-state index contributed by atoms with van der Waals surface area (Å²) in [6.45, 7) is 3.47. The van der Waals surface area contributed by atoms with Crippen molar-refractivity contribution in [3.05, 3.63) is 85.1 Å². The molecule has 6 atom stereocenters. The van der Waals surface area contributed by atoms with Crippen LogP contribution >= 0.6 is 0 Å². The van der Waals surface area contributed by atoms with Gasteiger partial charge in [-0.3, -0.25) is 14.1 Å². The molecule has 0 spiro atoms. The van der Waals surface area contributed by atoms with Crippen molar-refractivity contribution >= 4 is 22.1 Å². The number of carbonyl (C=O) groups is 2. The minimum atomic E-state index is -4.61. The maximum Gasteiger partial charge on any atom is 0.306 e. The third-order valence-electron chi connectivity index (χ3n) is 9.47. The summed E-state index contributed by atoms with van der Waals surface area (Å²) in [7, 11) is -4.61. The van der Waals surface area contributed by atoms with Crippen molar-refractivity contribution in [2.24, 2.45) is 0 Å². The van der Waals surface area contributed by atoms with E-state index >= 15 is 0 Å². The van der Waals surface area contributed by atoms with Gasteiger partial charge in [0, 0.05) is 12.8 Å². The molecule has 0 aromatic heterocycles. The summed E-state index contributed by atoms with van der Waals surface area (Å²) in [6.07, 6.45) is 37.7. The van der Waals surface area contributed by atoms with Crippen LogP contribution in [0.5, 0.6) is 0 Å². The van der Waals surface area contributed by atoms with Crippen LogP contribution < -0.4 is 0 Å². The van der Waals surface area contributed by atoms with E-state index in [1.54, 1.807) is 0 Å². The molecule has 0 aromatic carbocycles. The summed E-state index contributed by atoms with van der Waals surface area (Å²) < 4.78 is 54.0. The molecule has 12 nitrogen and oxygen atoms in total. The number of esters is 2. The molecule has 342 valence electrons. The van der Waals surface area contributed by atoms with Crippen molar-refractivity contribution in [1.82, 2.24) is 0 Å². The van der Waals surface area contributed by atoms with Gasteiger partial charge in [-0.15, -0.1) is 0 Å². The average molecular weight is 865 g/mol. The number of hydrogen-bond acceptors (Lipinski definition) is 11. The van der Waals surface area contributed by atoms with E-state index in [4.69, 9.17) is 18.9 Å². The molecule has 0 saturated carbocycles. The molecule has 0 radical (unpaired) electrons. The second kappa shape index (κ2) is 36.5. The summed E-state index contributed by atoms with van der Waals surface area (Å²) in [4.78, 5) is 25.4. The van der Waals surface area contributed by atoms with Crippen molar-refractivity contribution in [2.45, 2.75) is 179 Å². The lowest BCUT2D eigenvalue weighted by atomic mass is 10.00. The largest absolute Gasteiger partial charge is 0.462 e. The SMILES string of the molecule is CC/C=C\C/C=C\C/C=C\C/C=C\CCCCCCCCC(=O)OC(COC(=O)CCCCC/C=C\C/C=C\C/C=C\CC)COC1OC(CS(=O)(=O)O)C(O)C(O)C1O. The van der Waals surface area contributed by atoms with Gasteiger partial charge in [-0.1, -0.05) is 131 Å². The topological polar surface area (TPSA) is 186 Å². The molecule has 1 aliphatic rings. The highest BCUT2D eigenvalue weighted by Crippen LogP contribution is 2.24. The van der Waals surface area contributed by atoms with Crippen molar-refractivity contribution in [3.63, 3.8) is 0 Å². The molecule has 0 amide bonds. The normalized spacial score (nSPS) is 20.9. The van der Waals surface area contributed by atoms with E-state index in [0.717, 1.165) is 103 Å². The zero-order valence-corrected chi connectivity index (χ0v) is 37.1. The Labute approximate surface area is 360 Å². The fraction of sp³-hybridized carbons (Fsp3) is 0.660. The maximum absolute atomic E-state index is 12.8. The molecule has 1 fully saturated rings. The average Bonchev–Trinajstić information content (AvgIpc) is 3.21. The molecule has 1 rings (SSSR count). The van der Waals surface area contributed by atoms with Crippen LogP contribution in [0.3, 0.4) is 0 Å². The first-order valence-electron chi connectivity index (χ1n) is 22.1. The van der Waals surface area contributed by atoms with Crippen molar-refractivity contribution in [3.8, 4) is 0 Å². The summed E-state index contributed by atoms with van der Waals surface area (Å²) in [5.74, 6) is -2.05. The Morgan fingerprint density at radius 1 is 0.567 bits per heavy atom. The number of aliphatic hydroxyl groups is 3. The Kier molecular flexibility index (Phi) is 33.3. The van der Waals surface area contributed by atoms with Gasteiger partial charge < -0.3 is 34.3 Å².